The van der Waals surface area contributed by atoms with Gasteiger partial charge in [-0.25, -0.2) is 0 Å². The molecule has 0 fully saturated rings. The van der Waals surface area contributed by atoms with Gasteiger partial charge in [-0.2, -0.15) is 0 Å². The number of ether oxygens (including phenoxy) is 1. The average molecular weight is 541 g/mol. The molecule has 0 aliphatic heterocycles. The summed E-state index contributed by atoms with van der Waals surface area (Å²) in [7, 11) is 1.76. The monoisotopic (exact) mass is 540 g/mol. The van der Waals surface area contributed by atoms with E-state index in [1.54, 1.807) is 7.11 Å². The fourth-order valence-electron chi connectivity index (χ4n) is 7.04. The molecule has 0 aliphatic carbocycles. The molecule has 0 aromatic heterocycles. The Hall–Kier alpha value is -4.88. The van der Waals surface area contributed by atoms with Crippen molar-refractivity contribution in [3.05, 3.63) is 127 Å². The van der Waals surface area contributed by atoms with Gasteiger partial charge in [0.15, 0.2) is 0 Å². The fraction of sp³-hybridized carbons (Fsp3) is 0.122. The van der Waals surface area contributed by atoms with Crippen LogP contribution < -0.4 is 4.74 Å². The number of fused-ring (bicyclic) bond motifs is 2. The van der Waals surface area contributed by atoms with Crippen molar-refractivity contribution in [2.75, 3.05) is 7.11 Å². The van der Waals surface area contributed by atoms with Crippen LogP contribution in [0.3, 0.4) is 0 Å². The highest BCUT2D eigenvalue weighted by Crippen LogP contribution is 2.48. The van der Waals surface area contributed by atoms with Crippen molar-refractivity contribution in [2.45, 2.75) is 26.2 Å². The molecular weight excluding hydrogens is 508 g/mol. The molecule has 0 aliphatic rings. The molecule has 0 heterocycles. The highest BCUT2D eigenvalue weighted by atomic mass is 16.5. The molecule has 0 atom stereocenters. The van der Waals surface area contributed by atoms with Crippen LogP contribution in [0.5, 0.6) is 5.75 Å². The summed E-state index contributed by atoms with van der Waals surface area (Å²) in [6.07, 6.45) is 0. The topological polar surface area (TPSA) is 9.23 Å². The summed E-state index contributed by atoms with van der Waals surface area (Å²) >= 11 is 0. The summed E-state index contributed by atoms with van der Waals surface area (Å²) in [6, 6.07) is 44.9. The molecule has 42 heavy (non-hydrogen) atoms. The number of methoxy groups -OCH3 is 1. The molecule has 8 aromatic rings. The zero-order chi connectivity index (χ0) is 28.6. The number of benzene rings is 8. The van der Waals surface area contributed by atoms with E-state index in [0.29, 0.717) is 0 Å². The van der Waals surface area contributed by atoms with Crippen LogP contribution in [0.4, 0.5) is 0 Å². The Morgan fingerprint density at radius 1 is 0.452 bits per heavy atom. The minimum atomic E-state index is 0.117. The van der Waals surface area contributed by atoms with Crippen LogP contribution in [0, 0.1) is 0 Å². The first-order valence-corrected chi connectivity index (χ1v) is 14.7. The maximum absolute atomic E-state index is 5.78. The first-order chi connectivity index (χ1) is 20.4. The quantitative estimate of drug-likeness (QED) is 0.160. The van der Waals surface area contributed by atoms with E-state index in [4.69, 9.17) is 4.74 Å². The lowest BCUT2D eigenvalue weighted by Gasteiger charge is -2.21. The molecule has 8 aromatic carbocycles. The van der Waals surface area contributed by atoms with Crippen LogP contribution in [0.1, 0.15) is 26.3 Å². The van der Waals surface area contributed by atoms with Crippen molar-refractivity contribution in [3.63, 3.8) is 0 Å². The Labute approximate surface area is 246 Å². The Kier molecular flexibility index (Phi) is 5.37. The largest absolute Gasteiger partial charge is 0.496 e. The summed E-state index contributed by atoms with van der Waals surface area (Å²) in [5, 5.41) is 12.6. The fourth-order valence-corrected chi connectivity index (χ4v) is 7.04. The lowest BCUT2D eigenvalue weighted by Crippen LogP contribution is -2.10. The van der Waals surface area contributed by atoms with Crippen molar-refractivity contribution in [1.82, 2.24) is 0 Å². The average Bonchev–Trinajstić information content (AvgIpc) is 3.02. The summed E-state index contributed by atoms with van der Waals surface area (Å²) in [5.74, 6) is 0.917. The summed E-state index contributed by atoms with van der Waals surface area (Å²) in [4.78, 5) is 0. The van der Waals surface area contributed by atoms with Crippen molar-refractivity contribution >= 4 is 53.9 Å². The molecule has 0 unspecified atom stereocenters. The summed E-state index contributed by atoms with van der Waals surface area (Å²) in [6.45, 7) is 6.82. The van der Waals surface area contributed by atoms with Gasteiger partial charge in [0.25, 0.3) is 0 Å². The van der Waals surface area contributed by atoms with E-state index < -0.39 is 0 Å². The summed E-state index contributed by atoms with van der Waals surface area (Å²) < 4.78 is 5.78. The van der Waals surface area contributed by atoms with E-state index >= 15 is 0 Å². The van der Waals surface area contributed by atoms with Crippen molar-refractivity contribution in [3.8, 4) is 28.0 Å². The summed E-state index contributed by atoms with van der Waals surface area (Å²) in [5.41, 5.74) is 6.58. The van der Waals surface area contributed by atoms with Crippen molar-refractivity contribution in [2.24, 2.45) is 0 Å². The van der Waals surface area contributed by atoms with Gasteiger partial charge in [-0.3, -0.25) is 0 Å². The highest BCUT2D eigenvalue weighted by molar-refractivity contribution is 6.29. The van der Waals surface area contributed by atoms with Crippen LogP contribution in [-0.4, -0.2) is 7.11 Å². The molecular formula is C41H32O. The predicted octanol–water partition coefficient (Wildman–Crippen LogP) is 11.5. The van der Waals surface area contributed by atoms with Gasteiger partial charge in [0.2, 0.25) is 0 Å². The van der Waals surface area contributed by atoms with Gasteiger partial charge >= 0.3 is 0 Å². The first kappa shape index (κ1) is 24.9. The second-order valence-electron chi connectivity index (χ2n) is 12.5. The SMILES string of the molecule is COc1ccc2ccc3c(-c4c5ccccc5c(-c5ccc(C(C)(C)C)cc5)c5ccccc45)ccc4ccc1c2c43. The zero-order valence-electron chi connectivity index (χ0n) is 24.5. The second-order valence-corrected chi connectivity index (χ2v) is 12.5. The third-order valence-electron chi connectivity index (χ3n) is 9.08. The molecule has 0 bridgehead atoms. The first-order valence-electron chi connectivity index (χ1n) is 14.7. The minimum absolute atomic E-state index is 0.117. The van der Waals surface area contributed by atoms with E-state index in [-0.39, 0.29) is 5.41 Å². The van der Waals surface area contributed by atoms with Gasteiger partial charge in [-0.15, -0.1) is 0 Å². The van der Waals surface area contributed by atoms with Gasteiger partial charge in [0.05, 0.1) is 7.11 Å². The van der Waals surface area contributed by atoms with Gasteiger partial charge < -0.3 is 4.74 Å². The number of rotatable bonds is 3. The van der Waals surface area contributed by atoms with Crippen LogP contribution in [0.2, 0.25) is 0 Å². The number of hydrogen-bond donors (Lipinski definition) is 0. The molecule has 0 spiro atoms. The zero-order valence-corrected chi connectivity index (χ0v) is 24.5. The van der Waals surface area contributed by atoms with E-state index in [1.807, 2.05) is 0 Å². The van der Waals surface area contributed by atoms with Gasteiger partial charge in [0, 0.05) is 10.8 Å². The molecule has 0 amide bonds. The predicted molar refractivity (Wildman–Crippen MR) is 181 cm³/mol. The number of hydrogen-bond acceptors (Lipinski definition) is 1. The standard InChI is InChI=1S/C41H32O/c1-41(2,3)28-19-13-25(14-20-28)37-29-9-5-7-11-31(29)40(32-12-8-6-10-30(32)37)34-22-16-26-17-23-35-36(42-4)24-18-27-15-21-33(34)38(26)39(27)35/h5-24H,1-4H3. The Morgan fingerprint density at radius 2 is 0.952 bits per heavy atom. The van der Waals surface area contributed by atoms with Gasteiger partial charge in [-0.1, -0.05) is 130 Å². The van der Waals surface area contributed by atoms with Crippen LogP contribution in [-0.2, 0) is 5.41 Å². The Bertz CT molecular complexity index is 2240. The van der Waals surface area contributed by atoms with E-state index in [2.05, 4.69) is 142 Å². The Morgan fingerprint density at radius 3 is 1.52 bits per heavy atom. The normalized spacial score (nSPS) is 12.3. The molecule has 0 radical (unpaired) electrons. The van der Waals surface area contributed by atoms with Crippen LogP contribution in [0.25, 0.3) is 76.1 Å². The molecule has 1 nitrogen and oxygen atoms in total. The Balaban J connectivity index is 1.49. The molecule has 0 N–H and O–H groups in total. The lowest BCUT2D eigenvalue weighted by atomic mass is 9.82. The van der Waals surface area contributed by atoms with Crippen molar-refractivity contribution in [1.29, 1.82) is 0 Å². The second kappa shape index (κ2) is 9.06. The third kappa shape index (κ3) is 3.56. The van der Waals surface area contributed by atoms with E-state index in [0.717, 1.165) is 11.1 Å². The minimum Gasteiger partial charge on any atom is -0.496 e. The van der Waals surface area contributed by atoms with Crippen molar-refractivity contribution < 1.29 is 4.74 Å². The van der Waals surface area contributed by atoms with Gasteiger partial charge in [-0.05, 0) is 88.5 Å². The maximum atomic E-state index is 5.78. The lowest BCUT2D eigenvalue weighted by molar-refractivity contribution is 0.420. The van der Waals surface area contributed by atoms with Gasteiger partial charge in [0.1, 0.15) is 5.75 Å². The van der Waals surface area contributed by atoms with Crippen LogP contribution >= 0.6 is 0 Å². The molecule has 202 valence electrons. The third-order valence-corrected chi connectivity index (χ3v) is 9.08. The maximum Gasteiger partial charge on any atom is 0.126 e. The van der Waals surface area contributed by atoms with Crippen LogP contribution in [0.15, 0.2) is 121 Å². The smallest absolute Gasteiger partial charge is 0.126 e. The molecule has 1 heteroatoms. The highest BCUT2D eigenvalue weighted by Gasteiger charge is 2.20. The van der Waals surface area contributed by atoms with E-state index in [9.17, 15) is 0 Å². The molecule has 0 saturated heterocycles. The molecule has 8 rings (SSSR count). The van der Waals surface area contributed by atoms with E-state index in [1.165, 1.54) is 76.3 Å². The molecule has 0 saturated carbocycles.